The van der Waals surface area contributed by atoms with Crippen molar-refractivity contribution in [2.75, 3.05) is 19.4 Å². The molecule has 0 spiro atoms. The van der Waals surface area contributed by atoms with Gasteiger partial charge in [0, 0.05) is 44.3 Å². The molecule has 1 aromatic carbocycles. The average Bonchev–Trinajstić information content (AvgIpc) is 2.40. The topological polar surface area (TPSA) is 41.5 Å². The molecule has 0 aromatic heterocycles. The maximum atomic E-state index is 11.5. The molecule has 3 nitrogen and oxygen atoms in total. The third-order valence-electron chi connectivity index (χ3n) is 3.11. The number of rotatable bonds is 6. The van der Waals surface area contributed by atoms with Gasteiger partial charge in [0.25, 0.3) is 0 Å². The first kappa shape index (κ1) is 14.4. The lowest BCUT2D eigenvalue weighted by atomic mass is 9.93. The number of nitrogens with one attached hydrogen (secondary N) is 1. The number of ketones is 1. The van der Waals surface area contributed by atoms with Gasteiger partial charge in [-0.3, -0.25) is 9.79 Å². The second-order valence-electron chi connectivity index (χ2n) is 4.43. The summed E-state index contributed by atoms with van der Waals surface area (Å²) < 4.78 is 0. The van der Waals surface area contributed by atoms with E-state index in [1.165, 1.54) is 0 Å². The van der Waals surface area contributed by atoms with Gasteiger partial charge in [0.1, 0.15) is 5.78 Å². The van der Waals surface area contributed by atoms with E-state index in [1.54, 1.807) is 7.05 Å². The molecule has 0 saturated carbocycles. The van der Waals surface area contributed by atoms with Gasteiger partial charge in [-0.2, -0.15) is 0 Å². The Hall–Kier alpha value is -1.64. The summed E-state index contributed by atoms with van der Waals surface area (Å²) in [7, 11) is 3.68. The van der Waals surface area contributed by atoms with Crippen LogP contribution in [0.1, 0.15) is 32.3 Å². The highest BCUT2D eigenvalue weighted by molar-refractivity contribution is 6.03. The first-order valence-corrected chi connectivity index (χ1v) is 6.38. The zero-order chi connectivity index (χ0) is 13.5. The highest BCUT2D eigenvalue weighted by atomic mass is 16.1. The number of nitrogens with zero attached hydrogens (tertiary/aromatic N) is 1. The van der Waals surface area contributed by atoms with E-state index in [-0.39, 0.29) is 11.7 Å². The van der Waals surface area contributed by atoms with Crippen LogP contribution in [0.3, 0.4) is 0 Å². The summed E-state index contributed by atoms with van der Waals surface area (Å²) in [4.78, 5) is 15.9. The Balaban J connectivity index is 2.85. The SMILES string of the molecule is CCC(=O)CC(C)C(=NC)c1ccc(NC)cc1. The quantitative estimate of drug-likeness (QED) is 0.783. The second kappa shape index (κ2) is 6.94. The summed E-state index contributed by atoms with van der Waals surface area (Å²) in [6.45, 7) is 3.96. The fourth-order valence-electron chi connectivity index (χ4n) is 2.02. The molecule has 1 aromatic rings. The fourth-order valence-corrected chi connectivity index (χ4v) is 2.02. The monoisotopic (exact) mass is 246 g/mol. The number of hydrogen-bond donors (Lipinski definition) is 1. The summed E-state index contributed by atoms with van der Waals surface area (Å²) in [5.41, 5.74) is 3.17. The van der Waals surface area contributed by atoms with Crippen molar-refractivity contribution in [3.63, 3.8) is 0 Å². The largest absolute Gasteiger partial charge is 0.388 e. The Morgan fingerprint density at radius 2 is 1.94 bits per heavy atom. The maximum absolute atomic E-state index is 11.5. The first-order chi connectivity index (χ1) is 8.62. The van der Waals surface area contributed by atoms with Crippen molar-refractivity contribution < 1.29 is 4.79 Å². The van der Waals surface area contributed by atoms with Crippen LogP contribution in [0.4, 0.5) is 5.69 Å². The summed E-state index contributed by atoms with van der Waals surface area (Å²) >= 11 is 0. The standard InChI is InChI=1S/C15H22N2O/c1-5-14(18)10-11(2)15(17-4)12-6-8-13(16-3)9-7-12/h6-9,11,16H,5,10H2,1-4H3. The highest BCUT2D eigenvalue weighted by Crippen LogP contribution is 2.16. The van der Waals surface area contributed by atoms with Crippen LogP contribution in [-0.2, 0) is 4.79 Å². The molecule has 0 fully saturated rings. The predicted octanol–water partition coefficient (Wildman–Crippen LogP) is 3.15. The summed E-state index contributed by atoms with van der Waals surface area (Å²) in [6.07, 6.45) is 1.16. The van der Waals surface area contributed by atoms with E-state index in [4.69, 9.17) is 0 Å². The van der Waals surface area contributed by atoms with Gasteiger partial charge in [-0.25, -0.2) is 0 Å². The van der Waals surface area contributed by atoms with Crippen molar-refractivity contribution in [2.45, 2.75) is 26.7 Å². The number of carbonyl (C=O) groups excluding carboxylic acids is 1. The smallest absolute Gasteiger partial charge is 0.133 e. The van der Waals surface area contributed by atoms with E-state index in [0.717, 1.165) is 17.0 Å². The third kappa shape index (κ3) is 3.69. The second-order valence-corrected chi connectivity index (χ2v) is 4.43. The molecule has 0 aliphatic rings. The zero-order valence-electron chi connectivity index (χ0n) is 11.7. The molecule has 3 heteroatoms. The molecule has 0 saturated heterocycles. The van der Waals surface area contributed by atoms with Gasteiger partial charge in [-0.1, -0.05) is 26.0 Å². The molecule has 1 atom stereocenters. The number of benzene rings is 1. The molecule has 0 aliphatic heterocycles. The molecular weight excluding hydrogens is 224 g/mol. The van der Waals surface area contributed by atoms with Crippen LogP contribution >= 0.6 is 0 Å². The Morgan fingerprint density at radius 3 is 2.39 bits per heavy atom. The molecular formula is C15H22N2O. The van der Waals surface area contributed by atoms with Gasteiger partial charge in [0.05, 0.1) is 0 Å². The molecule has 18 heavy (non-hydrogen) atoms. The van der Waals surface area contributed by atoms with Gasteiger partial charge < -0.3 is 5.32 Å². The number of anilines is 1. The minimum absolute atomic E-state index is 0.169. The van der Waals surface area contributed by atoms with Crippen LogP contribution in [0.2, 0.25) is 0 Å². The van der Waals surface area contributed by atoms with E-state index in [2.05, 4.69) is 17.2 Å². The van der Waals surface area contributed by atoms with Crippen LogP contribution in [0.15, 0.2) is 29.3 Å². The predicted molar refractivity (Wildman–Crippen MR) is 77.5 cm³/mol. The molecule has 0 amide bonds. The maximum Gasteiger partial charge on any atom is 0.133 e. The minimum Gasteiger partial charge on any atom is -0.388 e. The zero-order valence-corrected chi connectivity index (χ0v) is 11.7. The van der Waals surface area contributed by atoms with Crippen LogP contribution in [0.25, 0.3) is 0 Å². The summed E-state index contributed by atoms with van der Waals surface area (Å²) in [5, 5.41) is 3.09. The molecule has 0 aliphatic carbocycles. The van der Waals surface area contributed by atoms with E-state index in [0.29, 0.717) is 12.8 Å². The van der Waals surface area contributed by atoms with Crippen molar-refractivity contribution in [2.24, 2.45) is 10.9 Å². The average molecular weight is 246 g/mol. The number of carbonyl (C=O) groups is 1. The van der Waals surface area contributed by atoms with Gasteiger partial charge in [0.2, 0.25) is 0 Å². The van der Waals surface area contributed by atoms with E-state index >= 15 is 0 Å². The van der Waals surface area contributed by atoms with Crippen molar-refractivity contribution in [1.29, 1.82) is 0 Å². The minimum atomic E-state index is 0.169. The molecule has 1 unspecified atom stereocenters. The van der Waals surface area contributed by atoms with Crippen LogP contribution in [0.5, 0.6) is 0 Å². The van der Waals surface area contributed by atoms with Gasteiger partial charge in [-0.15, -0.1) is 0 Å². The lowest BCUT2D eigenvalue weighted by Gasteiger charge is -2.14. The molecule has 1 rings (SSSR count). The number of hydrogen-bond acceptors (Lipinski definition) is 3. The fraction of sp³-hybridized carbons (Fsp3) is 0.467. The van der Waals surface area contributed by atoms with Gasteiger partial charge >= 0.3 is 0 Å². The van der Waals surface area contributed by atoms with E-state index in [9.17, 15) is 4.79 Å². The van der Waals surface area contributed by atoms with E-state index in [1.807, 2.05) is 38.2 Å². The van der Waals surface area contributed by atoms with Crippen molar-refractivity contribution in [1.82, 2.24) is 0 Å². The van der Waals surface area contributed by atoms with Gasteiger partial charge in [-0.05, 0) is 17.7 Å². The molecule has 1 N–H and O–H groups in total. The molecule has 0 radical (unpaired) electrons. The Kier molecular flexibility index (Phi) is 5.56. The third-order valence-corrected chi connectivity index (χ3v) is 3.11. The summed E-state index contributed by atoms with van der Waals surface area (Å²) in [5.74, 6) is 0.457. The molecule has 98 valence electrons. The van der Waals surface area contributed by atoms with Crippen LogP contribution in [0, 0.1) is 5.92 Å². The van der Waals surface area contributed by atoms with Crippen molar-refractivity contribution in [3.05, 3.63) is 29.8 Å². The van der Waals surface area contributed by atoms with Crippen LogP contribution < -0.4 is 5.32 Å². The molecule has 0 bridgehead atoms. The first-order valence-electron chi connectivity index (χ1n) is 6.38. The van der Waals surface area contributed by atoms with Crippen LogP contribution in [-0.4, -0.2) is 25.6 Å². The van der Waals surface area contributed by atoms with E-state index < -0.39 is 0 Å². The number of aliphatic imine (C=N–C) groups is 1. The Morgan fingerprint density at radius 1 is 1.33 bits per heavy atom. The van der Waals surface area contributed by atoms with Crippen molar-refractivity contribution in [3.8, 4) is 0 Å². The Bertz CT molecular complexity index is 421. The normalized spacial score (nSPS) is 13.2. The molecule has 0 heterocycles. The van der Waals surface area contributed by atoms with Gasteiger partial charge in [0.15, 0.2) is 0 Å². The highest BCUT2D eigenvalue weighted by Gasteiger charge is 2.15. The lowest BCUT2D eigenvalue weighted by Crippen LogP contribution is -2.16. The Labute approximate surface area is 109 Å². The number of Topliss-reactive ketones (excluding diaryl/α,β-unsaturated/α-hetero) is 1. The van der Waals surface area contributed by atoms with Crippen molar-refractivity contribution >= 4 is 17.2 Å². The summed E-state index contributed by atoms with van der Waals surface area (Å²) in [6, 6.07) is 8.13. The lowest BCUT2D eigenvalue weighted by molar-refractivity contribution is -0.119.